The molecule has 1 aromatic carbocycles. The van der Waals surface area contributed by atoms with Crippen molar-refractivity contribution in [2.75, 3.05) is 13.1 Å². The second-order valence-electron chi connectivity index (χ2n) is 5.77. The summed E-state index contributed by atoms with van der Waals surface area (Å²) in [5.74, 6) is -2.07. The fourth-order valence-electron chi connectivity index (χ4n) is 2.27. The number of amides is 2. The summed E-state index contributed by atoms with van der Waals surface area (Å²) in [7, 11) is -1.76. The van der Waals surface area contributed by atoms with Crippen LogP contribution in [0.5, 0.6) is 0 Å². The zero-order chi connectivity index (χ0) is 19.0. The summed E-state index contributed by atoms with van der Waals surface area (Å²) < 4.78 is 0. The van der Waals surface area contributed by atoms with Crippen LogP contribution in [0.25, 0.3) is 0 Å². The summed E-state index contributed by atoms with van der Waals surface area (Å²) in [4.78, 5) is 24.7. The number of nitriles is 1. The van der Waals surface area contributed by atoms with Gasteiger partial charge in [0.25, 0.3) is 0 Å². The predicted molar refractivity (Wildman–Crippen MR) is 94.1 cm³/mol. The molecule has 0 saturated carbocycles. The van der Waals surface area contributed by atoms with Crippen molar-refractivity contribution in [1.82, 2.24) is 10.2 Å². The van der Waals surface area contributed by atoms with Crippen molar-refractivity contribution in [2.24, 2.45) is 0 Å². The number of hydrogen-bond donors (Lipinski definition) is 3. The van der Waals surface area contributed by atoms with Gasteiger partial charge in [0, 0.05) is 0 Å². The molecule has 1 rings (SSSR count). The minimum absolute atomic E-state index is 0.220. The van der Waals surface area contributed by atoms with E-state index in [1.54, 1.807) is 6.07 Å². The Morgan fingerprint density at radius 3 is 2.60 bits per heavy atom. The molecule has 0 spiro atoms. The van der Waals surface area contributed by atoms with E-state index in [2.05, 4.69) is 11.9 Å². The Labute approximate surface area is 147 Å². The maximum atomic E-state index is 12.1. The van der Waals surface area contributed by atoms with Crippen molar-refractivity contribution in [3.05, 3.63) is 47.5 Å². The first kappa shape index (κ1) is 20.4. The molecule has 0 aliphatic heterocycles. The van der Waals surface area contributed by atoms with Crippen LogP contribution in [0.3, 0.4) is 0 Å². The van der Waals surface area contributed by atoms with E-state index in [4.69, 9.17) is 5.26 Å². The quantitative estimate of drug-likeness (QED) is 0.346. The van der Waals surface area contributed by atoms with E-state index in [0.717, 1.165) is 27.7 Å². The lowest BCUT2D eigenvalue weighted by molar-refractivity contribution is -0.132. The number of nitrogens with one attached hydrogen (secondary N) is 1. The van der Waals surface area contributed by atoms with Gasteiger partial charge < -0.3 is 20.3 Å². The van der Waals surface area contributed by atoms with Crippen LogP contribution < -0.4 is 5.32 Å². The molecule has 132 valence electrons. The lowest BCUT2D eigenvalue weighted by atomic mass is 9.75. The van der Waals surface area contributed by atoms with Gasteiger partial charge >= 0.3 is 7.12 Å². The summed E-state index contributed by atoms with van der Waals surface area (Å²) in [6.07, 6.45) is 1.23. The smallest absolute Gasteiger partial charge is 0.426 e. The Kier molecular flexibility index (Phi) is 7.86. The average molecular weight is 343 g/mol. The molecule has 0 saturated heterocycles. The van der Waals surface area contributed by atoms with Crippen LogP contribution in [0.2, 0.25) is 0 Å². The molecule has 25 heavy (non-hydrogen) atoms. The molecule has 2 amide bonds. The Morgan fingerprint density at radius 1 is 1.40 bits per heavy atom. The van der Waals surface area contributed by atoms with Crippen LogP contribution in [-0.4, -0.2) is 52.9 Å². The summed E-state index contributed by atoms with van der Waals surface area (Å²) in [5, 5.41) is 30.3. The molecule has 0 radical (unpaired) electrons. The standard InChI is InChI=1S/C17H22BN3O4/c1-4-17(23)21(8-7-19)11-16(22)20-15(18(24)25)10-14-6-5-12(2)13(3)9-14/h4-6,9,15,24-25H,1,8,10-11H2,2-3H3,(H,20,22). The minimum Gasteiger partial charge on any atom is -0.426 e. The number of rotatable bonds is 8. The van der Waals surface area contributed by atoms with Crippen LogP contribution in [0, 0.1) is 25.2 Å². The van der Waals surface area contributed by atoms with Gasteiger partial charge in [0.2, 0.25) is 11.8 Å². The molecule has 8 heteroatoms. The minimum atomic E-state index is -1.76. The molecule has 1 aromatic rings. The molecule has 0 aliphatic rings. The highest BCUT2D eigenvalue weighted by molar-refractivity contribution is 6.43. The number of carbonyl (C=O) groups is 2. The highest BCUT2D eigenvalue weighted by Gasteiger charge is 2.26. The van der Waals surface area contributed by atoms with Gasteiger partial charge in [-0.3, -0.25) is 9.59 Å². The molecule has 7 nitrogen and oxygen atoms in total. The third-order valence-electron chi connectivity index (χ3n) is 3.82. The van der Waals surface area contributed by atoms with Gasteiger partial charge in [-0.2, -0.15) is 5.26 Å². The highest BCUT2D eigenvalue weighted by atomic mass is 16.4. The van der Waals surface area contributed by atoms with Crippen LogP contribution in [0.1, 0.15) is 16.7 Å². The first-order chi connectivity index (χ1) is 11.8. The lowest BCUT2D eigenvalue weighted by Gasteiger charge is -2.21. The number of aryl methyl sites for hydroxylation is 2. The van der Waals surface area contributed by atoms with E-state index < -0.39 is 24.9 Å². The molecule has 0 fully saturated rings. The second kappa shape index (κ2) is 9.62. The Morgan fingerprint density at radius 2 is 2.08 bits per heavy atom. The molecule has 0 aromatic heterocycles. The molecule has 1 unspecified atom stereocenters. The number of carbonyl (C=O) groups excluding carboxylic acids is 2. The fraction of sp³-hybridized carbons (Fsp3) is 0.353. The first-order valence-corrected chi connectivity index (χ1v) is 7.78. The first-order valence-electron chi connectivity index (χ1n) is 7.78. The van der Waals surface area contributed by atoms with Crippen LogP contribution in [-0.2, 0) is 16.0 Å². The highest BCUT2D eigenvalue weighted by Crippen LogP contribution is 2.12. The van der Waals surface area contributed by atoms with Crippen molar-refractivity contribution in [2.45, 2.75) is 26.2 Å². The summed E-state index contributed by atoms with van der Waals surface area (Å²) in [6.45, 7) is 6.61. The van der Waals surface area contributed by atoms with E-state index in [1.807, 2.05) is 32.0 Å². The molecule has 0 heterocycles. The van der Waals surface area contributed by atoms with Gasteiger partial charge in [-0.25, -0.2) is 0 Å². The molecular weight excluding hydrogens is 321 g/mol. The van der Waals surface area contributed by atoms with Crippen molar-refractivity contribution < 1.29 is 19.6 Å². The lowest BCUT2D eigenvalue weighted by Crippen LogP contribution is -2.51. The van der Waals surface area contributed by atoms with Gasteiger partial charge in [0.1, 0.15) is 13.1 Å². The van der Waals surface area contributed by atoms with Gasteiger partial charge in [-0.15, -0.1) is 0 Å². The van der Waals surface area contributed by atoms with Crippen LogP contribution in [0.4, 0.5) is 0 Å². The number of benzene rings is 1. The number of hydrogen-bond acceptors (Lipinski definition) is 5. The Balaban J connectivity index is 2.78. The average Bonchev–Trinajstić information content (AvgIpc) is 2.56. The number of nitrogens with zero attached hydrogens (tertiary/aromatic N) is 2. The Hall–Kier alpha value is -2.63. The SMILES string of the molecule is C=CC(=O)N(CC#N)CC(=O)NC(Cc1ccc(C)c(C)c1)B(O)O. The largest absolute Gasteiger partial charge is 0.475 e. The van der Waals surface area contributed by atoms with Crippen LogP contribution in [0.15, 0.2) is 30.9 Å². The van der Waals surface area contributed by atoms with Crippen molar-refractivity contribution in [3.63, 3.8) is 0 Å². The zero-order valence-corrected chi connectivity index (χ0v) is 14.4. The summed E-state index contributed by atoms with van der Waals surface area (Å²) >= 11 is 0. The zero-order valence-electron chi connectivity index (χ0n) is 14.4. The van der Waals surface area contributed by atoms with Crippen molar-refractivity contribution in [3.8, 4) is 6.07 Å². The van der Waals surface area contributed by atoms with E-state index in [0.29, 0.717) is 0 Å². The van der Waals surface area contributed by atoms with Gasteiger partial charge in [-0.1, -0.05) is 24.8 Å². The summed E-state index contributed by atoms with van der Waals surface area (Å²) in [6, 6.07) is 7.49. The van der Waals surface area contributed by atoms with E-state index in [-0.39, 0.29) is 19.5 Å². The normalized spacial score (nSPS) is 11.2. The van der Waals surface area contributed by atoms with Crippen LogP contribution >= 0.6 is 0 Å². The predicted octanol–water partition coefficient (Wildman–Crippen LogP) is -0.119. The second-order valence-corrected chi connectivity index (χ2v) is 5.77. The molecule has 0 aliphatic carbocycles. The third kappa shape index (κ3) is 6.41. The van der Waals surface area contributed by atoms with Crippen molar-refractivity contribution in [1.29, 1.82) is 5.26 Å². The molecule has 1 atom stereocenters. The topological polar surface area (TPSA) is 114 Å². The van der Waals surface area contributed by atoms with Gasteiger partial charge in [0.15, 0.2) is 0 Å². The van der Waals surface area contributed by atoms with E-state index in [1.165, 1.54) is 0 Å². The molecule has 0 bridgehead atoms. The fourth-order valence-corrected chi connectivity index (χ4v) is 2.27. The van der Waals surface area contributed by atoms with Crippen molar-refractivity contribution >= 4 is 18.9 Å². The maximum absolute atomic E-state index is 12.1. The molecule has 3 N–H and O–H groups in total. The summed E-state index contributed by atoms with van der Waals surface area (Å²) in [5.41, 5.74) is 3.02. The van der Waals surface area contributed by atoms with Gasteiger partial charge in [0.05, 0.1) is 12.0 Å². The third-order valence-corrected chi connectivity index (χ3v) is 3.82. The maximum Gasteiger partial charge on any atom is 0.475 e. The Bertz CT molecular complexity index is 685. The van der Waals surface area contributed by atoms with Gasteiger partial charge in [-0.05, 0) is 43.0 Å². The van der Waals surface area contributed by atoms with E-state index >= 15 is 0 Å². The monoisotopic (exact) mass is 343 g/mol. The van der Waals surface area contributed by atoms with E-state index in [9.17, 15) is 19.6 Å². The molecular formula is C17H22BN3O4.